The Kier molecular flexibility index (Phi) is 6.56. The molecule has 192 valence electrons. The average molecular weight is 535 g/mol. The van der Waals surface area contributed by atoms with Gasteiger partial charge in [-0.05, 0) is 48.7 Å². The van der Waals surface area contributed by atoms with Crippen molar-refractivity contribution in [2.75, 3.05) is 18.4 Å². The highest BCUT2D eigenvalue weighted by Crippen LogP contribution is 2.35. The molecule has 0 radical (unpaired) electrons. The molecule has 1 amide bonds. The van der Waals surface area contributed by atoms with Crippen LogP contribution in [0, 0.1) is 5.92 Å². The number of nitrogens with zero attached hydrogens (tertiary/aromatic N) is 4. The number of hydrogen-bond acceptors (Lipinski definition) is 8. The minimum atomic E-state index is -5.12. The van der Waals surface area contributed by atoms with Crippen molar-refractivity contribution >= 4 is 40.2 Å². The van der Waals surface area contributed by atoms with Gasteiger partial charge in [0, 0.05) is 34.6 Å². The van der Waals surface area contributed by atoms with Crippen LogP contribution < -0.4 is 5.32 Å². The molecule has 0 spiro atoms. The van der Waals surface area contributed by atoms with E-state index in [0.717, 1.165) is 10.6 Å². The number of piperidine rings is 1. The zero-order valence-electron chi connectivity index (χ0n) is 18.9. The predicted octanol–water partition coefficient (Wildman–Crippen LogP) is 4.60. The number of H-pyrrole nitrogens is 1. The summed E-state index contributed by atoms with van der Waals surface area (Å²) in [6.45, 7) is -0.0664. The van der Waals surface area contributed by atoms with Crippen LogP contribution in [0.5, 0.6) is 0 Å². The molecule has 10 nitrogen and oxygen atoms in total. The first-order valence-electron chi connectivity index (χ1n) is 11.1. The summed E-state index contributed by atoms with van der Waals surface area (Å²) in [5, 5.41) is 19.3. The van der Waals surface area contributed by atoms with E-state index in [-0.39, 0.29) is 18.9 Å². The van der Waals surface area contributed by atoms with Crippen LogP contribution in [-0.4, -0.2) is 56.6 Å². The fraction of sp³-hybridized carbons (Fsp3) is 0.261. The third-order valence-electron chi connectivity index (χ3n) is 5.89. The smallest absolute Gasteiger partial charge is 0.423 e. The van der Waals surface area contributed by atoms with Gasteiger partial charge in [-0.25, -0.2) is 4.79 Å². The molecule has 0 unspecified atom stereocenters. The Hall–Kier alpha value is -3.97. The number of alkyl halides is 3. The predicted molar refractivity (Wildman–Crippen MR) is 125 cm³/mol. The molecule has 1 atom stereocenters. The number of carbonyl (C=O) groups excluding carboxylic acids is 2. The Bertz CT molecular complexity index is 1460. The van der Waals surface area contributed by atoms with Gasteiger partial charge in [-0.15, -0.1) is 15.3 Å². The Morgan fingerprint density at radius 1 is 1.19 bits per heavy atom. The fourth-order valence-electron chi connectivity index (χ4n) is 4.08. The molecule has 2 aromatic heterocycles. The lowest BCUT2D eigenvalue weighted by molar-refractivity contribution is -0.243. The number of aromatic amines is 1. The maximum absolute atomic E-state index is 12.9. The summed E-state index contributed by atoms with van der Waals surface area (Å²) < 4.78 is 42.8. The van der Waals surface area contributed by atoms with Crippen molar-refractivity contribution < 1.29 is 32.0 Å². The molecule has 2 N–H and O–H groups in total. The van der Waals surface area contributed by atoms with Gasteiger partial charge in [0.05, 0.1) is 11.4 Å². The maximum Gasteiger partial charge on any atom is 0.492 e. The molecule has 1 aliphatic rings. The Morgan fingerprint density at radius 2 is 2.00 bits per heavy atom. The molecule has 0 bridgehead atoms. The van der Waals surface area contributed by atoms with Crippen molar-refractivity contribution in [1.29, 1.82) is 0 Å². The molecular formula is C23H18ClF3N6O4. The minimum absolute atomic E-state index is 0.101. The summed E-state index contributed by atoms with van der Waals surface area (Å²) in [4.78, 5) is 28.5. The molecular weight excluding hydrogens is 517 g/mol. The molecule has 14 heteroatoms. The summed E-state index contributed by atoms with van der Waals surface area (Å²) in [6, 6.07) is 10.7. The number of hydroxylamine groups is 2. The van der Waals surface area contributed by atoms with Crippen LogP contribution >= 0.6 is 11.6 Å². The fourth-order valence-corrected chi connectivity index (χ4v) is 4.31. The number of halogens is 4. The second kappa shape index (κ2) is 9.82. The quantitative estimate of drug-likeness (QED) is 0.380. The summed E-state index contributed by atoms with van der Waals surface area (Å²) in [5.74, 6) is -2.90. The van der Waals surface area contributed by atoms with E-state index in [1.807, 2.05) is 6.07 Å². The number of anilines is 1. The monoisotopic (exact) mass is 534 g/mol. The largest absolute Gasteiger partial charge is 0.492 e. The van der Waals surface area contributed by atoms with Crippen LogP contribution in [-0.2, 0) is 14.4 Å². The van der Waals surface area contributed by atoms with E-state index in [1.54, 1.807) is 30.3 Å². The highest BCUT2D eigenvalue weighted by atomic mass is 35.5. The van der Waals surface area contributed by atoms with Gasteiger partial charge in [0.1, 0.15) is 0 Å². The molecule has 0 saturated carbocycles. The summed E-state index contributed by atoms with van der Waals surface area (Å²) in [7, 11) is 0. The SMILES string of the molecule is O=C(Nc1n[nH]c2ccc(-c3cc(-c4nnco4)ccc3Cl)cc12)[C@@H]1CCCN(OC(=O)C(F)(F)F)C1. The highest BCUT2D eigenvalue weighted by Gasteiger charge is 2.43. The van der Waals surface area contributed by atoms with Crippen molar-refractivity contribution in [2.24, 2.45) is 5.92 Å². The molecule has 5 rings (SSSR count). The topological polar surface area (TPSA) is 126 Å². The van der Waals surface area contributed by atoms with Crippen molar-refractivity contribution in [3.8, 4) is 22.6 Å². The Balaban J connectivity index is 1.35. The molecule has 3 heterocycles. The van der Waals surface area contributed by atoms with Crippen LogP contribution in [0.3, 0.4) is 0 Å². The number of hydrogen-bond donors (Lipinski definition) is 2. The lowest BCUT2D eigenvalue weighted by Gasteiger charge is -2.30. The number of nitrogens with one attached hydrogen (secondary N) is 2. The van der Waals surface area contributed by atoms with E-state index in [1.165, 1.54) is 6.39 Å². The van der Waals surface area contributed by atoms with Gasteiger partial charge < -0.3 is 14.6 Å². The molecule has 1 fully saturated rings. The van der Waals surface area contributed by atoms with Gasteiger partial charge in [0.25, 0.3) is 0 Å². The second-order valence-corrected chi connectivity index (χ2v) is 8.77. The molecule has 4 aromatic rings. The summed E-state index contributed by atoms with van der Waals surface area (Å²) in [5.41, 5.74) is 2.74. The first kappa shape index (κ1) is 24.7. The lowest BCUT2D eigenvalue weighted by atomic mass is 9.98. The number of benzene rings is 2. The molecule has 0 aliphatic carbocycles. The van der Waals surface area contributed by atoms with Crippen LogP contribution in [0.2, 0.25) is 5.02 Å². The lowest BCUT2D eigenvalue weighted by Crippen LogP contribution is -2.43. The van der Waals surface area contributed by atoms with Crippen molar-refractivity contribution in [2.45, 2.75) is 19.0 Å². The van der Waals surface area contributed by atoms with Gasteiger partial charge in [0.2, 0.25) is 18.2 Å². The number of rotatable bonds is 5. The number of aromatic nitrogens is 4. The third-order valence-corrected chi connectivity index (χ3v) is 6.22. The van der Waals surface area contributed by atoms with Gasteiger partial charge in [-0.1, -0.05) is 17.7 Å². The first-order valence-corrected chi connectivity index (χ1v) is 11.5. The Morgan fingerprint density at radius 3 is 2.76 bits per heavy atom. The zero-order valence-corrected chi connectivity index (χ0v) is 19.6. The van der Waals surface area contributed by atoms with E-state index in [2.05, 4.69) is 30.5 Å². The van der Waals surface area contributed by atoms with Gasteiger partial charge in [0.15, 0.2) is 5.82 Å². The molecule has 2 aromatic carbocycles. The van der Waals surface area contributed by atoms with Crippen molar-refractivity contribution in [3.63, 3.8) is 0 Å². The highest BCUT2D eigenvalue weighted by molar-refractivity contribution is 6.33. The number of amides is 1. The van der Waals surface area contributed by atoms with E-state index >= 15 is 0 Å². The van der Waals surface area contributed by atoms with E-state index in [9.17, 15) is 22.8 Å². The van der Waals surface area contributed by atoms with Crippen molar-refractivity contribution in [3.05, 3.63) is 47.8 Å². The minimum Gasteiger partial charge on any atom is -0.423 e. The standard InChI is InChI=1S/C23H18ClF3N6O4/c24-17-5-3-13(21-32-28-11-36-21)9-15(17)12-4-6-18-16(8-12)19(31-30-18)29-20(34)14-2-1-7-33(10-14)37-22(35)23(25,26)27/h3-6,8-9,11,14H,1-2,7,10H2,(H2,29,30,31,34)/t14-/m1/s1. The molecule has 37 heavy (non-hydrogen) atoms. The van der Waals surface area contributed by atoms with Crippen LogP contribution in [0.15, 0.2) is 47.2 Å². The maximum atomic E-state index is 12.9. The van der Waals surface area contributed by atoms with E-state index in [0.29, 0.717) is 45.8 Å². The van der Waals surface area contributed by atoms with E-state index in [4.69, 9.17) is 16.0 Å². The van der Waals surface area contributed by atoms with Crippen LogP contribution in [0.1, 0.15) is 12.8 Å². The summed E-state index contributed by atoms with van der Waals surface area (Å²) >= 11 is 6.45. The first-order chi connectivity index (χ1) is 17.7. The van der Waals surface area contributed by atoms with Crippen molar-refractivity contribution in [1.82, 2.24) is 25.5 Å². The number of fused-ring (bicyclic) bond motifs is 1. The normalized spacial score (nSPS) is 16.6. The molecule has 1 saturated heterocycles. The van der Waals surface area contributed by atoms with Gasteiger partial charge in [-0.3, -0.25) is 9.89 Å². The van der Waals surface area contributed by atoms with Gasteiger partial charge in [-0.2, -0.15) is 18.3 Å². The van der Waals surface area contributed by atoms with Crippen LogP contribution in [0.4, 0.5) is 19.0 Å². The van der Waals surface area contributed by atoms with Gasteiger partial charge >= 0.3 is 12.1 Å². The second-order valence-electron chi connectivity index (χ2n) is 8.36. The Labute approximate surface area is 211 Å². The zero-order chi connectivity index (χ0) is 26.2. The average Bonchev–Trinajstić information content (AvgIpc) is 3.54. The number of carbonyl (C=O) groups is 2. The summed E-state index contributed by atoms with van der Waals surface area (Å²) in [6.07, 6.45) is -3.10. The van der Waals surface area contributed by atoms with Crippen LogP contribution in [0.25, 0.3) is 33.5 Å². The van der Waals surface area contributed by atoms with E-state index < -0.39 is 24.0 Å². The third kappa shape index (κ3) is 5.27. The molecule has 1 aliphatic heterocycles.